The van der Waals surface area contributed by atoms with Gasteiger partial charge in [0, 0.05) is 12.5 Å². The molecule has 0 spiro atoms. The third-order valence-corrected chi connectivity index (χ3v) is 3.77. The summed E-state index contributed by atoms with van der Waals surface area (Å²) in [6, 6.07) is 20.1. The first-order valence-electron chi connectivity index (χ1n) is 7.96. The van der Waals surface area contributed by atoms with Gasteiger partial charge in [0.25, 0.3) is 0 Å². The molecule has 2 aromatic carbocycles. The van der Waals surface area contributed by atoms with Gasteiger partial charge in [0.2, 0.25) is 0 Å². The minimum absolute atomic E-state index is 0.0654. The molecule has 122 valence electrons. The van der Waals surface area contributed by atoms with Crippen molar-refractivity contribution in [1.29, 1.82) is 0 Å². The standard InChI is InChI=1S/C19H24N2O2/c1-15(14-22)21-19(23)20-13-12-18(16-8-4-2-5-9-16)17-10-6-3-7-11-17/h2-11,15,18,22H,12-14H2,1H3,(H2,20,21,23). The zero-order valence-electron chi connectivity index (χ0n) is 13.4. The predicted molar refractivity (Wildman–Crippen MR) is 92.4 cm³/mol. The average Bonchev–Trinajstić information content (AvgIpc) is 2.60. The minimum atomic E-state index is -0.244. The highest BCUT2D eigenvalue weighted by molar-refractivity contribution is 5.74. The monoisotopic (exact) mass is 312 g/mol. The smallest absolute Gasteiger partial charge is 0.315 e. The molecule has 2 aromatic rings. The molecule has 0 saturated carbocycles. The average molecular weight is 312 g/mol. The van der Waals surface area contributed by atoms with Crippen LogP contribution in [0.15, 0.2) is 60.7 Å². The van der Waals surface area contributed by atoms with Gasteiger partial charge in [0.05, 0.1) is 12.6 Å². The summed E-state index contributed by atoms with van der Waals surface area (Å²) >= 11 is 0. The predicted octanol–water partition coefficient (Wildman–Crippen LogP) is 2.89. The maximum absolute atomic E-state index is 11.7. The third-order valence-electron chi connectivity index (χ3n) is 3.77. The van der Waals surface area contributed by atoms with E-state index in [-0.39, 0.29) is 24.6 Å². The summed E-state index contributed by atoms with van der Waals surface area (Å²) in [5.41, 5.74) is 2.48. The van der Waals surface area contributed by atoms with Crippen LogP contribution < -0.4 is 10.6 Å². The zero-order chi connectivity index (χ0) is 16.5. The molecule has 0 aliphatic rings. The lowest BCUT2D eigenvalue weighted by Crippen LogP contribution is -2.42. The number of hydrogen-bond donors (Lipinski definition) is 3. The van der Waals surface area contributed by atoms with E-state index in [9.17, 15) is 4.79 Å². The maximum Gasteiger partial charge on any atom is 0.315 e. The minimum Gasteiger partial charge on any atom is -0.394 e. The van der Waals surface area contributed by atoms with Crippen LogP contribution in [-0.4, -0.2) is 30.3 Å². The van der Waals surface area contributed by atoms with Crippen LogP contribution in [0.3, 0.4) is 0 Å². The van der Waals surface area contributed by atoms with E-state index in [0.29, 0.717) is 6.54 Å². The van der Waals surface area contributed by atoms with Crippen molar-refractivity contribution >= 4 is 6.03 Å². The number of aliphatic hydroxyl groups is 1. The van der Waals surface area contributed by atoms with Gasteiger partial charge in [-0.15, -0.1) is 0 Å². The molecule has 4 nitrogen and oxygen atoms in total. The molecule has 0 heterocycles. The molecule has 0 aromatic heterocycles. The third kappa shape index (κ3) is 5.42. The maximum atomic E-state index is 11.7. The number of nitrogens with one attached hydrogen (secondary N) is 2. The molecule has 1 unspecified atom stereocenters. The fourth-order valence-electron chi connectivity index (χ4n) is 2.55. The lowest BCUT2D eigenvalue weighted by atomic mass is 9.88. The second-order valence-corrected chi connectivity index (χ2v) is 5.65. The Bertz CT molecular complexity index is 547. The van der Waals surface area contributed by atoms with Crippen LogP contribution in [0.2, 0.25) is 0 Å². The van der Waals surface area contributed by atoms with Crippen molar-refractivity contribution in [2.75, 3.05) is 13.2 Å². The van der Waals surface area contributed by atoms with Crippen LogP contribution in [0.4, 0.5) is 4.79 Å². The summed E-state index contributed by atoms with van der Waals surface area (Å²) in [4.78, 5) is 11.7. The van der Waals surface area contributed by atoms with E-state index < -0.39 is 0 Å². The zero-order valence-corrected chi connectivity index (χ0v) is 13.4. The van der Waals surface area contributed by atoms with Crippen LogP contribution >= 0.6 is 0 Å². The highest BCUT2D eigenvalue weighted by Crippen LogP contribution is 2.27. The first kappa shape index (κ1) is 17.0. The molecular formula is C19H24N2O2. The van der Waals surface area contributed by atoms with Gasteiger partial charge < -0.3 is 15.7 Å². The molecule has 1 atom stereocenters. The summed E-state index contributed by atoms with van der Waals surface area (Å²) < 4.78 is 0. The number of hydrogen-bond acceptors (Lipinski definition) is 2. The SMILES string of the molecule is CC(CO)NC(=O)NCCC(c1ccccc1)c1ccccc1. The van der Waals surface area contributed by atoms with E-state index in [1.54, 1.807) is 6.92 Å². The van der Waals surface area contributed by atoms with E-state index >= 15 is 0 Å². The number of urea groups is 1. The van der Waals surface area contributed by atoms with Gasteiger partial charge >= 0.3 is 6.03 Å². The molecule has 3 N–H and O–H groups in total. The molecule has 0 fully saturated rings. The summed E-state index contributed by atoms with van der Waals surface area (Å²) in [5, 5.41) is 14.5. The fourth-order valence-corrected chi connectivity index (χ4v) is 2.55. The number of carbonyl (C=O) groups is 1. The summed E-state index contributed by atoms with van der Waals surface area (Å²) in [6.07, 6.45) is 0.814. The van der Waals surface area contributed by atoms with Crippen molar-refractivity contribution < 1.29 is 9.90 Å². The first-order valence-corrected chi connectivity index (χ1v) is 7.96. The van der Waals surface area contributed by atoms with Crippen molar-refractivity contribution in [3.63, 3.8) is 0 Å². The Morgan fingerprint density at radius 3 is 2.00 bits per heavy atom. The van der Waals surface area contributed by atoms with Gasteiger partial charge in [-0.05, 0) is 24.5 Å². The summed E-state index contributed by atoms with van der Waals surface area (Å²) in [7, 11) is 0. The summed E-state index contributed by atoms with van der Waals surface area (Å²) in [6.45, 7) is 2.26. The second kappa shape index (κ2) is 8.96. The molecule has 0 bridgehead atoms. The van der Waals surface area contributed by atoms with Crippen LogP contribution in [-0.2, 0) is 0 Å². The van der Waals surface area contributed by atoms with Gasteiger partial charge in [-0.1, -0.05) is 60.7 Å². The Kier molecular flexibility index (Phi) is 6.63. The number of amides is 2. The fraction of sp³-hybridized carbons (Fsp3) is 0.316. The Labute approximate surface area is 137 Å². The number of benzene rings is 2. The van der Waals surface area contributed by atoms with Gasteiger partial charge in [-0.2, -0.15) is 0 Å². The Hall–Kier alpha value is -2.33. The van der Waals surface area contributed by atoms with Gasteiger partial charge in [0.1, 0.15) is 0 Å². The Morgan fingerprint density at radius 2 is 1.52 bits per heavy atom. The van der Waals surface area contributed by atoms with Crippen LogP contribution in [0.25, 0.3) is 0 Å². The van der Waals surface area contributed by atoms with Crippen LogP contribution in [0.5, 0.6) is 0 Å². The van der Waals surface area contributed by atoms with Gasteiger partial charge in [-0.25, -0.2) is 4.79 Å². The van der Waals surface area contributed by atoms with Crippen molar-refractivity contribution in [2.24, 2.45) is 0 Å². The molecule has 2 amide bonds. The number of carbonyl (C=O) groups excluding carboxylic acids is 1. The molecular weight excluding hydrogens is 288 g/mol. The van der Waals surface area contributed by atoms with Crippen LogP contribution in [0, 0.1) is 0 Å². The van der Waals surface area contributed by atoms with E-state index in [2.05, 4.69) is 34.9 Å². The van der Waals surface area contributed by atoms with Crippen molar-refractivity contribution in [1.82, 2.24) is 10.6 Å². The lowest BCUT2D eigenvalue weighted by molar-refractivity contribution is 0.220. The highest BCUT2D eigenvalue weighted by atomic mass is 16.3. The highest BCUT2D eigenvalue weighted by Gasteiger charge is 2.14. The first-order chi connectivity index (χ1) is 11.2. The van der Waals surface area contributed by atoms with Gasteiger partial charge in [-0.3, -0.25) is 0 Å². The molecule has 23 heavy (non-hydrogen) atoms. The molecule has 0 saturated heterocycles. The lowest BCUT2D eigenvalue weighted by Gasteiger charge is -2.19. The van der Waals surface area contributed by atoms with Crippen molar-refractivity contribution in [3.8, 4) is 0 Å². The Balaban J connectivity index is 1.98. The summed E-state index contributed by atoms with van der Waals surface area (Å²) in [5.74, 6) is 0.243. The van der Waals surface area contributed by atoms with E-state index in [4.69, 9.17) is 5.11 Å². The second-order valence-electron chi connectivity index (χ2n) is 5.65. The largest absolute Gasteiger partial charge is 0.394 e. The van der Waals surface area contributed by atoms with Crippen LogP contribution in [0.1, 0.15) is 30.4 Å². The van der Waals surface area contributed by atoms with E-state index in [1.165, 1.54) is 11.1 Å². The molecule has 2 rings (SSSR count). The normalized spacial score (nSPS) is 12.0. The topological polar surface area (TPSA) is 61.4 Å². The quantitative estimate of drug-likeness (QED) is 0.736. The van der Waals surface area contributed by atoms with Gasteiger partial charge in [0.15, 0.2) is 0 Å². The molecule has 0 radical (unpaired) electrons. The molecule has 4 heteroatoms. The van der Waals surface area contributed by atoms with E-state index in [0.717, 1.165) is 6.42 Å². The molecule has 0 aliphatic carbocycles. The Morgan fingerprint density at radius 1 is 1.00 bits per heavy atom. The molecule has 0 aliphatic heterocycles. The number of rotatable bonds is 7. The number of aliphatic hydroxyl groups excluding tert-OH is 1. The van der Waals surface area contributed by atoms with Crippen molar-refractivity contribution in [2.45, 2.75) is 25.3 Å². The van der Waals surface area contributed by atoms with Crippen molar-refractivity contribution in [3.05, 3.63) is 71.8 Å². The van der Waals surface area contributed by atoms with E-state index in [1.807, 2.05) is 36.4 Å².